The summed E-state index contributed by atoms with van der Waals surface area (Å²) < 4.78 is 0. The fourth-order valence-corrected chi connectivity index (χ4v) is 4.10. The van der Waals surface area contributed by atoms with Crippen LogP contribution in [0, 0.1) is 0 Å². The highest BCUT2D eigenvalue weighted by Gasteiger charge is 2.26. The maximum Gasteiger partial charge on any atom is 0.152 e. The van der Waals surface area contributed by atoms with Crippen molar-refractivity contribution in [2.75, 3.05) is 37.4 Å². The highest BCUT2D eigenvalue weighted by atomic mass is 15.3. The molecular formula is C22H24N6. The van der Waals surface area contributed by atoms with Gasteiger partial charge in [0.15, 0.2) is 5.84 Å². The lowest BCUT2D eigenvalue weighted by Gasteiger charge is -2.22. The molecule has 1 saturated heterocycles. The second-order valence-corrected chi connectivity index (χ2v) is 7.72. The molecule has 28 heavy (non-hydrogen) atoms. The molecule has 1 unspecified atom stereocenters. The molecule has 2 aromatic heterocycles. The summed E-state index contributed by atoms with van der Waals surface area (Å²) >= 11 is 0. The first-order chi connectivity index (χ1) is 13.7. The Labute approximate surface area is 164 Å². The van der Waals surface area contributed by atoms with Gasteiger partial charge in [-0.05, 0) is 56.2 Å². The first kappa shape index (κ1) is 17.1. The molecule has 1 N–H and O–H groups in total. The quantitative estimate of drug-likeness (QED) is 0.765. The summed E-state index contributed by atoms with van der Waals surface area (Å²) in [5, 5.41) is 5.82. The molecular weight excluding hydrogens is 348 g/mol. The van der Waals surface area contributed by atoms with Crippen LogP contribution < -0.4 is 10.2 Å². The SMILES string of the molecule is CN(C)C1CCN(c2nccc3cc(NC4=NCc5cccnc54)ccc23)C1. The molecule has 0 bridgehead atoms. The lowest BCUT2D eigenvalue weighted by molar-refractivity contribution is 0.315. The number of nitrogens with zero attached hydrogens (tertiary/aromatic N) is 5. The van der Waals surface area contributed by atoms with Crippen LogP contribution in [0.15, 0.2) is 53.8 Å². The second-order valence-electron chi connectivity index (χ2n) is 7.72. The van der Waals surface area contributed by atoms with Crippen molar-refractivity contribution in [1.82, 2.24) is 14.9 Å². The van der Waals surface area contributed by atoms with E-state index in [0.29, 0.717) is 12.6 Å². The molecule has 0 radical (unpaired) electrons. The van der Waals surface area contributed by atoms with Gasteiger partial charge >= 0.3 is 0 Å². The number of pyridine rings is 2. The van der Waals surface area contributed by atoms with Gasteiger partial charge in [-0.2, -0.15) is 0 Å². The number of amidine groups is 1. The predicted molar refractivity (Wildman–Crippen MR) is 114 cm³/mol. The maximum atomic E-state index is 4.70. The van der Waals surface area contributed by atoms with Crippen molar-refractivity contribution < 1.29 is 0 Å². The monoisotopic (exact) mass is 372 g/mol. The molecule has 6 heteroatoms. The predicted octanol–water partition coefficient (Wildman–Crippen LogP) is 3.14. The van der Waals surface area contributed by atoms with Crippen LogP contribution in [0.5, 0.6) is 0 Å². The molecule has 142 valence electrons. The van der Waals surface area contributed by atoms with Crippen LogP contribution in [-0.2, 0) is 6.54 Å². The van der Waals surface area contributed by atoms with Crippen molar-refractivity contribution in [3.8, 4) is 0 Å². The average Bonchev–Trinajstić information content (AvgIpc) is 3.35. The van der Waals surface area contributed by atoms with E-state index in [4.69, 9.17) is 4.98 Å². The van der Waals surface area contributed by atoms with E-state index in [1.807, 2.05) is 18.5 Å². The Hall–Kier alpha value is -2.99. The van der Waals surface area contributed by atoms with Gasteiger partial charge in [0, 0.05) is 48.2 Å². The van der Waals surface area contributed by atoms with Crippen molar-refractivity contribution >= 4 is 28.1 Å². The minimum absolute atomic E-state index is 0.589. The zero-order chi connectivity index (χ0) is 19.1. The number of nitrogens with one attached hydrogen (secondary N) is 1. The Bertz CT molecular complexity index is 1060. The lowest BCUT2D eigenvalue weighted by atomic mass is 10.1. The summed E-state index contributed by atoms with van der Waals surface area (Å²) in [6.45, 7) is 2.77. The fourth-order valence-electron chi connectivity index (χ4n) is 4.10. The van der Waals surface area contributed by atoms with Crippen molar-refractivity contribution in [3.05, 3.63) is 60.0 Å². The highest BCUT2D eigenvalue weighted by molar-refractivity contribution is 6.10. The number of aromatic nitrogens is 2. The molecule has 0 amide bonds. The van der Waals surface area contributed by atoms with E-state index in [1.165, 1.54) is 22.8 Å². The van der Waals surface area contributed by atoms with Crippen molar-refractivity contribution in [2.45, 2.75) is 19.0 Å². The van der Waals surface area contributed by atoms with Crippen LogP contribution in [0.25, 0.3) is 10.8 Å². The topological polar surface area (TPSA) is 56.6 Å². The van der Waals surface area contributed by atoms with Crippen LogP contribution in [-0.4, -0.2) is 53.9 Å². The van der Waals surface area contributed by atoms with Gasteiger partial charge in [0.1, 0.15) is 11.5 Å². The van der Waals surface area contributed by atoms with Crippen LogP contribution in [0.4, 0.5) is 11.5 Å². The number of anilines is 2. The molecule has 0 spiro atoms. The van der Waals surface area contributed by atoms with E-state index in [2.05, 4.69) is 69.5 Å². The summed E-state index contributed by atoms with van der Waals surface area (Å²) in [5.41, 5.74) is 3.14. The van der Waals surface area contributed by atoms with Crippen molar-refractivity contribution in [2.24, 2.45) is 4.99 Å². The van der Waals surface area contributed by atoms with Crippen LogP contribution in [0.3, 0.4) is 0 Å². The molecule has 4 heterocycles. The molecule has 5 rings (SSSR count). The Kier molecular flexibility index (Phi) is 4.20. The summed E-state index contributed by atoms with van der Waals surface area (Å²) in [5.74, 6) is 1.93. The van der Waals surface area contributed by atoms with E-state index in [-0.39, 0.29) is 0 Å². The van der Waals surface area contributed by atoms with Gasteiger partial charge in [-0.1, -0.05) is 6.07 Å². The number of likely N-dealkylation sites (N-methyl/N-ethyl adjacent to an activating group) is 1. The molecule has 6 nitrogen and oxygen atoms in total. The average molecular weight is 372 g/mol. The summed E-state index contributed by atoms with van der Waals surface area (Å²) in [6, 6.07) is 13.1. The van der Waals surface area contributed by atoms with E-state index in [9.17, 15) is 0 Å². The fraction of sp³-hybridized carbons (Fsp3) is 0.318. The molecule has 0 saturated carbocycles. The summed E-state index contributed by atoms with van der Waals surface area (Å²) in [6.07, 6.45) is 4.90. The molecule has 1 atom stereocenters. The molecule has 0 aliphatic carbocycles. The number of rotatable bonds is 3. The third kappa shape index (κ3) is 2.99. The van der Waals surface area contributed by atoms with Crippen LogP contribution >= 0.6 is 0 Å². The van der Waals surface area contributed by atoms with E-state index < -0.39 is 0 Å². The van der Waals surface area contributed by atoms with Crippen molar-refractivity contribution in [1.29, 1.82) is 0 Å². The van der Waals surface area contributed by atoms with Gasteiger partial charge in [-0.15, -0.1) is 0 Å². The largest absolute Gasteiger partial charge is 0.354 e. The molecule has 2 aliphatic heterocycles. The maximum absolute atomic E-state index is 4.70. The van der Waals surface area contributed by atoms with Gasteiger partial charge in [-0.25, -0.2) is 4.98 Å². The Balaban J connectivity index is 1.42. The van der Waals surface area contributed by atoms with Gasteiger partial charge in [0.25, 0.3) is 0 Å². The zero-order valence-corrected chi connectivity index (χ0v) is 16.3. The standard InChI is InChI=1S/C22H24N6/c1-27(2)18-8-11-28(14-18)22-19-6-5-17(12-15(19)7-10-24-22)26-21-20-16(13-25-21)4-3-9-23-20/h3-7,9-10,12,18H,8,11,13-14H2,1-2H3,(H,25,26). The minimum Gasteiger partial charge on any atom is -0.354 e. The first-order valence-corrected chi connectivity index (χ1v) is 9.75. The minimum atomic E-state index is 0.589. The van der Waals surface area contributed by atoms with Gasteiger partial charge in [-0.3, -0.25) is 9.98 Å². The smallest absolute Gasteiger partial charge is 0.152 e. The molecule has 1 aromatic carbocycles. The summed E-state index contributed by atoms with van der Waals surface area (Å²) in [4.78, 5) is 18.5. The first-order valence-electron chi connectivity index (χ1n) is 9.75. The number of hydrogen-bond donors (Lipinski definition) is 1. The van der Waals surface area contributed by atoms with E-state index in [1.54, 1.807) is 0 Å². The number of hydrogen-bond acceptors (Lipinski definition) is 6. The molecule has 2 aliphatic rings. The lowest BCUT2D eigenvalue weighted by Crippen LogP contribution is -2.31. The Morgan fingerprint density at radius 2 is 2.04 bits per heavy atom. The van der Waals surface area contributed by atoms with Gasteiger partial charge in [0.2, 0.25) is 0 Å². The van der Waals surface area contributed by atoms with E-state index >= 15 is 0 Å². The van der Waals surface area contributed by atoms with Gasteiger partial charge in [0.05, 0.1) is 6.54 Å². The number of fused-ring (bicyclic) bond motifs is 2. The third-order valence-corrected chi connectivity index (χ3v) is 5.72. The molecule has 1 fully saturated rings. The van der Waals surface area contributed by atoms with E-state index in [0.717, 1.165) is 36.1 Å². The summed E-state index contributed by atoms with van der Waals surface area (Å²) in [7, 11) is 4.31. The normalized spacial score (nSPS) is 18.6. The molecule has 3 aromatic rings. The van der Waals surface area contributed by atoms with Crippen molar-refractivity contribution in [3.63, 3.8) is 0 Å². The highest BCUT2D eigenvalue weighted by Crippen LogP contribution is 2.30. The van der Waals surface area contributed by atoms with Crippen LogP contribution in [0.1, 0.15) is 17.7 Å². The zero-order valence-electron chi connectivity index (χ0n) is 16.3. The number of benzene rings is 1. The third-order valence-electron chi connectivity index (χ3n) is 5.72. The van der Waals surface area contributed by atoms with Crippen LogP contribution in [0.2, 0.25) is 0 Å². The van der Waals surface area contributed by atoms with Gasteiger partial charge < -0.3 is 15.1 Å². The second kappa shape index (κ2) is 6.87. The number of aliphatic imine (C=N–C) groups is 1. The Morgan fingerprint density at radius 1 is 1.11 bits per heavy atom. The Morgan fingerprint density at radius 3 is 2.89 bits per heavy atom.